The molecule has 0 saturated carbocycles. The van der Waals surface area contributed by atoms with Crippen LogP contribution in [0.1, 0.15) is 60.3 Å². The summed E-state index contributed by atoms with van der Waals surface area (Å²) in [5.74, 6) is 0. The lowest BCUT2D eigenvalue weighted by Crippen LogP contribution is -2.48. The third kappa shape index (κ3) is 5.41. The predicted octanol–water partition coefficient (Wildman–Crippen LogP) is 4.99. The maximum Gasteiger partial charge on any atom is 0.154 e. The van der Waals surface area contributed by atoms with Crippen molar-refractivity contribution in [1.82, 2.24) is 0 Å². The normalized spacial score (nSPS) is 15.7. The van der Waals surface area contributed by atoms with E-state index in [2.05, 4.69) is 27.7 Å². The summed E-state index contributed by atoms with van der Waals surface area (Å²) >= 11 is 0. The molecule has 3 heteroatoms. The summed E-state index contributed by atoms with van der Waals surface area (Å²) < 4.78 is 11.5. The molecule has 0 aliphatic rings. The quantitative estimate of drug-likeness (QED) is 0.300. The monoisotopic (exact) mass is 274 g/mol. The molecule has 2 nitrogen and oxygen atoms in total. The highest BCUT2D eigenvalue weighted by molar-refractivity contribution is 6.80. The van der Waals surface area contributed by atoms with E-state index in [4.69, 9.17) is 9.47 Å². The van der Waals surface area contributed by atoms with Gasteiger partial charge in [0.2, 0.25) is 0 Å². The lowest BCUT2D eigenvalue weighted by molar-refractivity contribution is -0.127. The van der Waals surface area contributed by atoms with Crippen molar-refractivity contribution in [2.45, 2.75) is 90.5 Å². The van der Waals surface area contributed by atoms with Crippen LogP contribution in [0, 0.1) is 0 Å². The Morgan fingerprint density at radius 2 is 1.50 bits per heavy atom. The second-order valence-corrected chi connectivity index (χ2v) is 10.8. The molecule has 0 aliphatic carbocycles. The van der Waals surface area contributed by atoms with Crippen LogP contribution in [0.4, 0.5) is 0 Å². The Morgan fingerprint density at radius 3 is 1.89 bits per heavy atom. The van der Waals surface area contributed by atoms with Crippen molar-refractivity contribution in [2.24, 2.45) is 0 Å². The summed E-state index contributed by atoms with van der Waals surface area (Å²) in [5, 5.41) is 0. The molecule has 0 heterocycles. The van der Waals surface area contributed by atoms with E-state index in [1.54, 1.807) is 7.11 Å². The number of methoxy groups -OCH3 is 1. The number of hydrogen-bond acceptors (Lipinski definition) is 2. The van der Waals surface area contributed by atoms with Crippen molar-refractivity contribution in [1.29, 1.82) is 0 Å². The van der Waals surface area contributed by atoms with Gasteiger partial charge in [0, 0.05) is 7.11 Å². The fourth-order valence-corrected chi connectivity index (χ4v) is 6.98. The van der Waals surface area contributed by atoms with E-state index in [0.717, 1.165) is 0 Å². The number of rotatable bonds is 11. The van der Waals surface area contributed by atoms with Gasteiger partial charge in [-0.3, -0.25) is 0 Å². The highest BCUT2D eigenvalue weighted by Gasteiger charge is 2.37. The minimum atomic E-state index is -1.28. The van der Waals surface area contributed by atoms with Gasteiger partial charge in [-0.25, -0.2) is 0 Å². The molecule has 0 aromatic carbocycles. The van der Waals surface area contributed by atoms with E-state index in [9.17, 15) is 0 Å². The van der Waals surface area contributed by atoms with Gasteiger partial charge >= 0.3 is 0 Å². The lowest BCUT2D eigenvalue weighted by Gasteiger charge is -2.38. The zero-order valence-corrected chi connectivity index (χ0v) is 14.4. The first-order valence-electron chi connectivity index (χ1n) is 7.78. The van der Waals surface area contributed by atoms with E-state index in [1.165, 1.54) is 43.8 Å². The summed E-state index contributed by atoms with van der Waals surface area (Å²) in [4.78, 5) is 0. The minimum absolute atomic E-state index is 0.0619. The summed E-state index contributed by atoms with van der Waals surface area (Å²) in [6.45, 7) is 11.3. The summed E-state index contributed by atoms with van der Waals surface area (Å²) in [6, 6.07) is 3.98. The van der Waals surface area contributed by atoms with Gasteiger partial charge in [-0.2, -0.15) is 0 Å². The molecule has 110 valence electrons. The van der Waals surface area contributed by atoms with Gasteiger partial charge in [-0.1, -0.05) is 65.1 Å². The Labute approximate surface area is 115 Å². The fourth-order valence-electron chi connectivity index (χ4n) is 2.82. The second-order valence-electron chi connectivity index (χ2n) is 5.35. The summed E-state index contributed by atoms with van der Waals surface area (Å²) in [6.07, 6.45) is 5.07. The Hall–Kier alpha value is 0.137. The first-order chi connectivity index (χ1) is 8.60. The Balaban J connectivity index is 4.68. The molecular weight excluding hydrogens is 240 g/mol. The number of ether oxygens (including phenoxy) is 2. The topological polar surface area (TPSA) is 18.5 Å². The summed E-state index contributed by atoms with van der Waals surface area (Å²) in [5.41, 5.74) is 0.471. The lowest BCUT2D eigenvalue weighted by atomic mass is 10.2. The van der Waals surface area contributed by atoms with Gasteiger partial charge in [0.1, 0.15) is 0 Å². The van der Waals surface area contributed by atoms with Crippen LogP contribution < -0.4 is 0 Å². The maximum absolute atomic E-state index is 6.22. The molecule has 0 N–H and O–H groups in total. The van der Waals surface area contributed by atoms with Crippen LogP contribution >= 0.6 is 0 Å². The highest BCUT2D eigenvalue weighted by Crippen LogP contribution is 2.30. The average Bonchev–Trinajstić information content (AvgIpc) is 2.41. The number of hydrogen-bond donors (Lipinski definition) is 0. The van der Waals surface area contributed by atoms with Gasteiger partial charge in [-0.15, -0.1) is 0 Å². The fraction of sp³-hybridized carbons (Fsp3) is 1.00. The van der Waals surface area contributed by atoms with Crippen molar-refractivity contribution in [3.05, 3.63) is 0 Å². The average molecular weight is 275 g/mol. The van der Waals surface area contributed by atoms with Crippen LogP contribution in [0.5, 0.6) is 0 Å². The molecule has 0 spiro atoms. The van der Waals surface area contributed by atoms with Crippen LogP contribution in [0.3, 0.4) is 0 Å². The molecule has 18 heavy (non-hydrogen) atoms. The Morgan fingerprint density at radius 1 is 0.944 bits per heavy atom. The van der Waals surface area contributed by atoms with E-state index in [1.807, 2.05) is 6.92 Å². The van der Waals surface area contributed by atoms with E-state index >= 15 is 0 Å². The smallest absolute Gasteiger partial charge is 0.154 e. The van der Waals surface area contributed by atoms with Crippen LogP contribution in [-0.4, -0.2) is 27.2 Å². The van der Waals surface area contributed by atoms with Crippen molar-refractivity contribution in [3.8, 4) is 0 Å². The zero-order chi connectivity index (χ0) is 14.0. The van der Waals surface area contributed by atoms with Gasteiger partial charge in [-0.05, 0) is 13.3 Å². The van der Waals surface area contributed by atoms with Crippen molar-refractivity contribution < 1.29 is 9.47 Å². The highest BCUT2D eigenvalue weighted by atomic mass is 28.3. The molecule has 0 fully saturated rings. The zero-order valence-electron chi connectivity index (χ0n) is 13.4. The molecular formula is C15H34O2Si. The largest absolute Gasteiger partial charge is 0.356 e. The van der Waals surface area contributed by atoms with Crippen LogP contribution in [-0.2, 0) is 9.47 Å². The van der Waals surface area contributed by atoms with Gasteiger partial charge in [0.25, 0.3) is 0 Å². The minimum Gasteiger partial charge on any atom is -0.356 e. The molecule has 0 radical (unpaired) electrons. The third-order valence-corrected chi connectivity index (χ3v) is 10.6. The van der Waals surface area contributed by atoms with Crippen molar-refractivity contribution in [3.63, 3.8) is 0 Å². The van der Waals surface area contributed by atoms with Crippen LogP contribution in [0.25, 0.3) is 0 Å². The van der Waals surface area contributed by atoms with E-state index in [0.29, 0.717) is 5.73 Å². The Bertz CT molecular complexity index is 185. The van der Waals surface area contributed by atoms with Gasteiger partial charge < -0.3 is 9.47 Å². The molecule has 0 aromatic rings. The van der Waals surface area contributed by atoms with Crippen LogP contribution in [0.15, 0.2) is 0 Å². The van der Waals surface area contributed by atoms with Gasteiger partial charge in [0.15, 0.2) is 6.29 Å². The molecule has 0 bridgehead atoms. The molecule has 0 aliphatic heterocycles. The number of unbranched alkanes of at least 4 members (excludes halogenated alkanes) is 2. The Kier molecular flexibility index (Phi) is 10.1. The molecule has 0 saturated heterocycles. The first-order valence-corrected chi connectivity index (χ1v) is 10.5. The van der Waals surface area contributed by atoms with Crippen LogP contribution in [0.2, 0.25) is 18.1 Å². The summed E-state index contributed by atoms with van der Waals surface area (Å²) in [7, 11) is 0.459. The van der Waals surface area contributed by atoms with Crippen molar-refractivity contribution >= 4 is 8.07 Å². The predicted molar refractivity (Wildman–Crippen MR) is 82.7 cm³/mol. The molecule has 0 amide bonds. The molecule has 0 rings (SSSR count). The standard InChI is InChI=1S/C15H34O2Si/c1-7-11-12-13-15(17-14(5)16-6)18(8-2,9-3)10-4/h14-15H,7-13H2,1-6H3. The van der Waals surface area contributed by atoms with Crippen molar-refractivity contribution in [2.75, 3.05) is 7.11 Å². The second kappa shape index (κ2) is 9.99. The SMILES string of the molecule is CCCCCC(OC(C)OC)[Si](CC)(CC)CC. The first kappa shape index (κ1) is 18.1. The molecule has 2 atom stereocenters. The van der Waals surface area contributed by atoms with E-state index < -0.39 is 8.07 Å². The molecule has 0 aromatic heterocycles. The van der Waals surface area contributed by atoms with Gasteiger partial charge in [0.05, 0.1) is 13.8 Å². The molecule has 2 unspecified atom stereocenters. The third-order valence-electron chi connectivity index (χ3n) is 4.55. The van der Waals surface area contributed by atoms with E-state index in [-0.39, 0.29) is 6.29 Å². The maximum atomic E-state index is 6.22.